The van der Waals surface area contributed by atoms with Crippen LogP contribution in [0.15, 0.2) is 11.4 Å². The van der Waals surface area contributed by atoms with Gasteiger partial charge in [0, 0.05) is 0 Å². The summed E-state index contributed by atoms with van der Waals surface area (Å²) in [6.45, 7) is 1.90. The fraction of sp³-hybridized carbons (Fsp3) is 0.333. The normalized spacial score (nSPS) is 9.92. The lowest BCUT2D eigenvalue weighted by Gasteiger charge is -1.97. The van der Waals surface area contributed by atoms with E-state index in [2.05, 4.69) is 9.97 Å². The Hall–Kier alpha value is -1.37. The average molecular weight is 201 g/mol. The summed E-state index contributed by atoms with van der Waals surface area (Å²) in [5.41, 5.74) is -0.472. The Morgan fingerprint density at radius 1 is 1.77 bits per heavy atom. The van der Waals surface area contributed by atoms with Crippen LogP contribution >= 0.6 is 11.8 Å². The van der Waals surface area contributed by atoms with Crippen molar-refractivity contribution in [1.82, 2.24) is 9.97 Å². The first-order valence-corrected chi connectivity index (χ1v) is 4.47. The Balaban J connectivity index is 2.98. The van der Waals surface area contributed by atoms with E-state index in [0.29, 0.717) is 5.16 Å². The summed E-state index contributed by atoms with van der Waals surface area (Å²) in [7, 11) is 0. The molecular formula is C6H7N3O3S. The highest BCUT2D eigenvalue weighted by atomic mass is 32.2. The van der Waals surface area contributed by atoms with Crippen LogP contribution in [0, 0.1) is 10.1 Å². The second-order valence-corrected chi connectivity index (χ2v) is 3.28. The molecule has 7 heteroatoms. The topological polar surface area (TPSA) is 89.2 Å². The van der Waals surface area contributed by atoms with Crippen molar-refractivity contribution in [3.63, 3.8) is 0 Å². The Labute approximate surface area is 78.2 Å². The van der Waals surface area contributed by atoms with Crippen molar-refractivity contribution < 1.29 is 10.0 Å². The van der Waals surface area contributed by atoms with Gasteiger partial charge in [0.15, 0.2) is 5.16 Å². The molecule has 1 rings (SSSR count). The van der Waals surface area contributed by atoms with Crippen LogP contribution in [0.25, 0.3) is 0 Å². The third-order valence-electron chi connectivity index (χ3n) is 1.20. The lowest BCUT2D eigenvalue weighted by atomic mass is 10.5. The summed E-state index contributed by atoms with van der Waals surface area (Å²) >= 11 is 1.31. The fourth-order valence-corrected chi connectivity index (χ4v) is 1.21. The molecule has 0 aliphatic rings. The first-order valence-electron chi connectivity index (χ1n) is 3.48. The quantitative estimate of drug-likeness (QED) is 0.342. The van der Waals surface area contributed by atoms with Crippen LogP contribution < -0.4 is 0 Å². The molecule has 6 nitrogen and oxygen atoms in total. The molecule has 0 aromatic carbocycles. The lowest BCUT2D eigenvalue weighted by Crippen LogP contribution is -1.94. The number of hydrogen-bond donors (Lipinski definition) is 1. The van der Waals surface area contributed by atoms with E-state index in [0.717, 1.165) is 11.9 Å². The molecular weight excluding hydrogens is 194 g/mol. The average Bonchev–Trinajstić information content (AvgIpc) is 2.04. The largest absolute Gasteiger partial charge is 0.488 e. The first kappa shape index (κ1) is 9.72. The van der Waals surface area contributed by atoms with Crippen LogP contribution in [0.5, 0.6) is 5.88 Å². The molecule has 1 aromatic rings. The number of nitrogens with zero attached hydrogens (tertiary/aromatic N) is 3. The molecule has 70 valence electrons. The Morgan fingerprint density at radius 2 is 2.46 bits per heavy atom. The van der Waals surface area contributed by atoms with Gasteiger partial charge in [-0.15, -0.1) is 0 Å². The maximum absolute atomic E-state index is 10.2. The van der Waals surface area contributed by atoms with Crippen molar-refractivity contribution in [1.29, 1.82) is 0 Å². The second kappa shape index (κ2) is 4.04. The predicted octanol–water partition coefficient (Wildman–Crippen LogP) is 1.20. The van der Waals surface area contributed by atoms with Gasteiger partial charge in [-0.2, -0.15) is 4.98 Å². The van der Waals surface area contributed by atoms with Crippen LogP contribution in [0.2, 0.25) is 0 Å². The maximum Gasteiger partial charge on any atom is 0.348 e. The van der Waals surface area contributed by atoms with Crippen molar-refractivity contribution in [2.24, 2.45) is 0 Å². The van der Waals surface area contributed by atoms with E-state index < -0.39 is 16.5 Å². The summed E-state index contributed by atoms with van der Waals surface area (Å²) in [5, 5.41) is 19.7. The number of aromatic nitrogens is 2. The second-order valence-electron chi connectivity index (χ2n) is 2.05. The van der Waals surface area contributed by atoms with Gasteiger partial charge in [-0.1, -0.05) is 18.7 Å². The highest BCUT2D eigenvalue weighted by Gasteiger charge is 2.15. The van der Waals surface area contributed by atoms with Crippen LogP contribution in [-0.2, 0) is 0 Å². The third-order valence-corrected chi connectivity index (χ3v) is 1.94. The van der Waals surface area contributed by atoms with Crippen molar-refractivity contribution in [2.75, 3.05) is 5.75 Å². The third kappa shape index (κ3) is 2.28. The smallest absolute Gasteiger partial charge is 0.348 e. The minimum absolute atomic E-state index is 0.339. The van der Waals surface area contributed by atoms with E-state index in [9.17, 15) is 10.1 Å². The predicted molar refractivity (Wildman–Crippen MR) is 46.7 cm³/mol. The molecule has 0 saturated carbocycles. The monoisotopic (exact) mass is 201 g/mol. The van der Waals surface area contributed by atoms with E-state index in [-0.39, 0.29) is 0 Å². The summed E-state index contributed by atoms with van der Waals surface area (Å²) < 4.78 is 0. The van der Waals surface area contributed by atoms with Crippen molar-refractivity contribution in [3.05, 3.63) is 16.3 Å². The van der Waals surface area contributed by atoms with Crippen LogP contribution in [0.3, 0.4) is 0 Å². The van der Waals surface area contributed by atoms with E-state index in [1.54, 1.807) is 0 Å². The van der Waals surface area contributed by atoms with Gasteiger partial charge in [-0.3, -0.25) is 10.1 Å². The number of rotatable bonds is 3. The molecule has 0 radical (unpaired) electrons. The van der Waals surface area contributed by atoms with Gasteiger partial charge in [0.25, 0.3) is 5.88 Å². The zero-order chi connectivity index (χ0) is 9.84. The standard InChI is InChI=1S/C6H7N3O3S/c1-2-13-6-7-3-4(9(11)12)5(10)8-6/h3H,2H2,1H3,(H,7,8,10). The summed E-state index contributed by atoms with van der Waals surface area (Å²) in [5.74, 6) is 0.160. The van der Waals surface area contributed by atoms with Gasteiger partial charge in [-0.25, -0.2) is 4.98 Å². The van der Waals surface area contributed by atoms with Crippen molar-refractivity contribution >= 4 is 17.4 Å². The van der Waals surface area contributed by atoms with Crippen LogP contribution in [0.4, 0.5) is 5.69 Å². The van der Waals surface area contributed by atoms with Gasteiger partial charge in [0.1, 0.15) is 6.20 Å². The molecule has 0 unspecified atom stereocenters. The zero-order valence-electron chi connectivity index (χ0n) is 6.80. The fourth-order valence-electron chi connectivity index (χ4n) is 0.678. The summed E-state index contributed by atoms with van der Waals surface area (Å²) in [4.78, 5) is 16.8. The highest BCUT2D eigenvalue weighted by molar-refractivity contribution is 7.99. The molecule has 1 aromatic heterocycles. The SMILES string of the molecule is CCSc1ncc([N+](=O)[O-])c(O)n1. The maximum atomic E-state index is 10.2. The van der Waals surface area contributed by atoms with Crippen LogP contribution in [-0.4, -0.2) is 25.8 Å². The number of thioether (sulfide) groups is 1. The number of nitro groups is 1. The minimum Gasteiger partial charge on any atom is -0.488 e. The molecule has 0 fully saturated rings. The van der Waals surface area contributed by atoms with Crippen molar-refractivity contribution in [3.8, 4) is 5.88 Å². The Kier molecular flexibility index (Phi) is 3.02. The van der Waals surface area contributed by atoms with Crippen molar-refractivity contribution in [2.45, 2.75) is 12.1 Å². The zero-order valence-corrected chi connectivity index (χ0v) is 7.61. The van der Waals surface area contributed by atoms with Gasteiger partial charge in [0.2, 0.25) is 0 Å². The molecule has 1 heterocycles. The van der Waals surface area contributed by atoms with Crippen LogP contribution in [0.1, 0.15) is 6.92 Å². The molecule has 0 saturated heterocycles. The molecule has 13 heavy (non-hydrogen) atoms. The Morgan fingerprint density at radius 3 is 2.92 bits per heavy atom. The van der Waals surface area contributed by atoms with Gasteiger partial charge in [0.05, 0.1) is 4.92 Å². The van der Waals surface area contributed by atoms with E-state index in [1.165, 1.54) is 11.8 Å². The summed E-state index contributed by atoms with van der Waals surface area (Å²) in [6.07, 6.45) is 1.00. The molecule has 0 aliphatic heterocycles. The number of aromatic hydroxyl groups is 1. The number of hydrogen-bond acceptors (Lipinski definition) is 6. The molecule has 0 bridgehead atoms. The molecule has 1 N–H and O–H groups in total. The van der Waals surface area contributed by atoms with E-state index in [1.807, 2.05) is 6.92 Å². The molecule has 0 spiro atoms. The first-order chi connectivity index (χ1) is 6.15. The van der Waals surface area contributed by atoms with Gasteiger partial charge in [-0.05, 0) is 5.75 Å². The molecule has 0 aliphatic carbocycles. The Bertz CT molecular complexity index is 331. The van der Waals surface area contributed by atoms with E-state index >= 15 is 0 Å². The van der Waals surface area contributed by atoms with Gasteiger partial charge < -0.3 is 5.11 Å². The molecule has 0 amide bonds. The lowest BCUT2D eigenvalue weighted by molar-refractivity contribution is -0.386. The van der Waals surface area contributed by atoms with E-state index in [4.69, 9.17) is 5.11 Å². The highest BCUT2D eigenvalue weighted by Crippen LogP contribution is 2.24. The minimum atomic E-state index is -0.726. The summed E-state index contributed by atoms with van der Waals surface area (Å²) in [6, 6.07) is 0. The molecule has 0 atom stereocenters. The van der Waals surface area contributed by atoms with Gasteiger partial charge >= 0.3 is 5.69 Å².